The summed E-state index contributed by atoms with van der Waals surface area (Å²) in [4.78, 5) is 0. The zero-order chi connectivity index (χ0) is 23.3. The molecule has 3 aromatic carbocycles. The molecule has 1 aliphatic rings. The number of benzene rings is 3. The van der Waals surface area contributed by atoms with Gasteiger partial charge in [0.25, 0.3) is 0 Å². The van der Waals surface area contributed by atoms with Crippen molar-refractivity contribution in [1.29, 1.82) is 0 Å². The summed E-state index contributed by atoms with van der Waals surface area (Å²) in [5.41, 5.74) is 2.00. The number of hydrogen-bond acceptors (Lipinski definition) is 3. The summed E-state index contributed by atoms with van der Waals surface area (Å²) in [5.74, 6) is -0.0198. The van der Waals surface area contributed by atoms with Gasteiger partial charge in [-0.2, -0.15) is 0 Å². The van der Waals surface area contributed by atoms with E-state index in [9.17, 15) is 5.11 Å². The number of hydrogen-bond donors (Lipinski definition) is 1. The van der Waals surface area contributed by atoms with Gasteiger partial charge in [0.2, 0.25) is 0 Å². The number of methoxy groups -OCH3 is 2. The van der Waals surface area contributed by atoms with E-state index in [-0.39, 0.29) is 12.5 Å². The highest BCUT2D eigenvalue weighted by Crippen LogP contribution is 2.41. The van der Waals surface area contributed by atoms with Gasteiger partial charge in [0.15, 0.2) is 0 Å². The third-order valence-corrected chi connectivity index (χ3v) is 6.96. The number of unbranched alkanes of at least 4 members (excludes halogenated alkanes) is 3. The molecule has 174 valence electrons. The first kappa shape index (κ1) is 23.7. The number of ether oxygens (including phenoxy) is 2. The monoisotopic (exact) mass is 444 g/mol. The van der Waals surface area contributed by atoms with Crippen molar-refractivity contribution in [3.05, 3.63) is 82.2 Å². The van der Waals surface area contributed by atoms with Gasteiger partial charge in [-0.25, -0.2) is 0 Å². The molecule has 2 atom stereocenters. The van der Waals surface area contributed by atoms with Crippen LogP contribution in [0.3, 0.4) is 0 Å². The molecule has 1 N–H and O–H groups in total. The highest BCUT2D eigenvalue weighted by molar-refractivity contribution is 5.97. The first-order valence-corrected chi connectivity index (χ1v) is 12.2. The minimum atomic E-state index is -1.12. The average Bonchev–Trinajstić information content (AvgIpc) is 2.83. The Labute approximate surface area is 197 Å². The molecule has 0 saturated heterocycles. The van der Waals surface area contributed by atoms with Crippen LogP contribution in [0, 0.1) is 5.92 Å². The fourth-order valence-electron chi connectivity index (χ4n) is 5.39. The van der Waals surface area contributed by atoms with Crippen LogP contribution >= 0.6 is 0 Å². The molecule has 0 aliphatic heterocycles. The zero-order valence-corrected chi connectivity index (χ0v) is 20.1. The Morgan fingerprint density at radius 3 is 2.45 bits per heavy atom. The molecule has 4 rings (SSSR count). The number of aliphatic hydroxyl groups is 1. The van der Waals surface area contributed by atoms with Crippen LogP contribution in [0.1, 0.15) is 50.2 Å². The summed E-state index contributed by atoms with van der Waals surface area (Å²) in [6.45, 7) is 2.97. The second-order valence-corrected chi connectivity index (χ2v) is 9.20. The van der Waals surface area contributed by atoms with Crippen molar-refractivity contribution in [3.8, 4) is 0 Å². The Hall–Kier alpha value is -2.46. The van der Waals surface area contributed by atoms with E-state index in [1.807, 2.05) is 0 Å². The van der Waals surface area contributed by atoms with E-state index in [0.717, 1.165) is 45.5 Å². The Morgan fingerprint density at radius 1 is 0.879 bits per heavy atom. The molecule has 0 heterocycles. The van der Waals surface area contributed by atoms with Crippen LogP contribution in [-0.4, -0.2) is 31.5 Å². The van der Waals surface area contributed by atoms with Crippen molar-refractivity contribution in [2.24, 2.45) is 5.92 Å². The van der Waals surface area contributed by atoms with Crippen LogP contribution in [0.2, 0.25) is 0 Å². The van der Waals surface area contributed by atoms with Crippen molar-refractivity contribution in [1.82, 2.24) is 0 Å². The van der Waals surface area contributed by atoms with E-state index >= 15 is 0 Å². The summed E-state index contributed by atoms with van der Waals surface area (Å²) < 4.78 is 11.3. The second-order valence-electron chi connectivity index (χ2n) is 9.20. The van der Waals surface area contributed by atoms with Gasteiger partial charge in [0, 0.05) is 25.7 Å². The smallest absolute Gasteiger partial charge is 0.120 e. The Balaban J connectivity index is 2.01. The van der Waals surface area contributed by atoms with E-state index in [4.69, 9.17) is 9.47 Å². The van der Waals surface area contributed by atoms with E-state index in [2.05, 4.69) is 73.7 Å². The lowest BCUT2D eigenvalue weighted by Gasteiger charge is -2.40. The van der Waals surface area contributed by atoms with Gasteiger partial charge in [-0.1, -0.05) is 99.3 Å². The largest absolute Gasteiger partial charge is 0.382 e. The molecule has 1 aliphatic carbocycles. The normalized spacial score (nSPS) is 20.0. The Morgan fingerprint density at radius 2 is 1.67 bits per heavy atom. The predicted molar refractivity (Wildman–Crippen MR) is 136 cm³/mol. The van der Waals surface area contributed by atoms with Gasteiger partial charge < -0.3 is 14.6 Å². The van der Waals surface area contributed by atoms with Gasteiger partial charge >= 0.3 is 0 Å². The SMILES string of the molecule is CCCCCCC1C=c2ccccc2=C(c2c(COC)ccc3ccccc23)C1(O)COC. The van der Waals surface area contributed by atoms with Crippen LogP contribution in [0.4, 0.5) is 0 Å². The molecular formula is C30H36O3. The van der Waals surface area contributed by atoms with Crippen LogP contribution in [0.25, 0.3) is 22.4 Å². The molecule has 3 heteroatoms. The third-order valence-electron chi connectivity index (χ3n) is 6.96. The summed E-state index contributed by atoms with van der Waals surface area (Å²) in [6.07, 6.45) is 7.91. The van der Waals surface area contributed by atoms with Crippen molar-refractivity contribution < 1.29 is 14.6 Å². The van der Waals surface area contributed by atoms with Crippen molar-refractivity contribution >= 4 is 22.4 Å². The number of rotatable bonds is 10. The lowest BCUT2D eigenvalue weighted by atomic mass is 9.70. The van der Waals surface area contributed by atoms with Gasteiger partial charge in [-0.3, -0.25) is 0 Å². The second kappa shape index (κ2) is 10.6. The van der Waals surface area contributed by atoms with Gasteiger partial charge in [0.05, 0.1) is 13.2 Å². The highest BCUT2D eigenvalue weighted by Gasteiger charge is 2.43. The van der Waals surface area contributed by atoms with Gasteiger partial charge in [-0.05, 0) is 38.8 Å². The minimum Gasteiger partial charge on any atom is -0.382 e. The first-order valence-electron chi connectivity index (χ1n) is 12.2. The third kappa shape index (κ3) is 4.63. The molecule has 0 amide bonds. The molecule has 2 unspecified atom stereocenters. The Kier molecular flexibility index (Phi) is 7.64. The average molecular weight is 445 g/mol. The lowest BCUT2D eigenvalue weighted by Crippen LogP contribution is -2.52. The maximum atomic E-state index is 12.5. The molecule has 0 bridgehead atoms. The van der Waals surface area contributed by atoms with Crippen molar-refractivity contribution in [2.45, 2.75) is 51.2 Å². The van der Waals surface area contributed by atoms with Gasteiger partial charge in [-0.15, -0.1) is 0 Å². The molecule has 33 heavy (non-hydrogen) atoms. The predicted octanol–water partition coefficient (Wildman–Crippen LogP) is 4.94. The molecule has 0 aromatic heterocycles. The van der Waals surface area contributed by atoms with E-state index in [1.54, 1.807) is 14.2 Å². The van der Waals surface area contributed by atoms with E-state index < -0.39 is 5.60 Å². The van der Waals surface area contributed by atoms with Crippen LogP contribution in [0.5, 0.6) is 0 Å². The van der Waals surface area contributed by atoms with Crippen LogP contribution in [-0.2, 0) is 16.1 Å². The number of fused-ring (bicyclic) bond motifs is 2. The quantitative estimate of drug-likeness (QED) is 0.450. The maximum Gasteiger partial charge on any atom is 0.120 e. The first-order chi connectivity index (χ1) is 16.1. The zero-order valence-electron chi connectivity index (χ0n) is 20.1. The van der Waals surface area contributed by atoms with E-state index in [1.165, 1.54) is 24.5 Å². The molecular weight excluding hydrogens is 408 g/mol. The maximum absolute atomic E-state index is 12.5. The fourth-order valence-corrected chi connectivity index (χ4v) is 5.39. The summed E-state index contributed by atoms with van der Waals surface area (Å²) in [6, 6.07) is 21.1. The minimum absolute atomic E-state index is 0.0198. The molecule has 0 saturated carbocycles. The van der Waals surface area contributed by atoms with Crippen LogP contribution < -0.4 is 10.4 Å². The molecule has 3 aromatic rings. The Bertz CT molecular complexity index is 1210. The van der Waals surface area contributed by atoms with Crippen molar-refractivity contribution in [2.75, 3.05) is 20.8 Å². The standard InChI is InChI=1S/C30H36O3/c1-4-5-6-7-14-25-19-23-13-9-11-16-27(23)29(30(25,31)21-33-3)28-24(20-32-2)18-17-22-12-8-10-15-26(22)28/h8-13,15-19,25,31H,4-7,14,20-21H2,1-3H3. The lowest BCUT2D eigenvalue weighted by molar-refractivity contribution is -0.0148. The molecule has 0 radical (unpaired) electrons. The van der Waals surface area contributed by atoms with E-state index in [0.29, 0.717) is 6.61 Å². The van der Waals surface area contributed by atoms with Crippen LogP contribution in [0.15, 0.2) is 60.7 Å². The van der Waals surface area contributed by atoms with Crippen molar-refractivity contribution in [3.63, 3.8) is 0 Å². The highest BCUT2D eigenvalue weighted by atomic mass is 16.5. The van der Waals surface area contributed by atoms with Gasteiger partial charge in [0.1, 0.15) is 5.60 Å². The molecule has 3 nitrogen and oxygen atoms in total. The topological polar surface area (TPSA) is 38.7 Å². The summed E-state index contributed by atoms with van der Waals surface area (Å²) in [5, 5.41) is 17.0. The summed E-state index contributed by atoms with van der Waals surface area (Å²) in [7, 11) is 3.41. The molecule has 0 fully saturated rings. The molecule has 0 spiro atoms. The summed E-state index contributed by atoms with van der Waals surface area (Å²) >= 11 is 0. The fraction of sp³-hybridized carbons (Fsp3) is 0.400.